The van der Waals surface area contributed by atoms with Gasteiger partial charge in [-0.25, -0.2) is 0 Å². The highest BCUT2D eigenvalue weighted by Gasteiger charge is 2.42. The number of hydrogen-bond acceptors (Lipinski definition) is 0. The molecule has 0 N–H and O–H groups in total. The number of rotatable bonds is 8. The van der Waals surface area contributed by atoms with E-state index in [-0.39, 0.29) is 5.54 Å². The van der Waals surface area contributed by atoms with Crippen LogP contribution in [0.2, 0.25) is 11.6 Å². The van der Waals surface area contributed by atoms with Crippen LogP contribution >= 0.6 is 66.5 Å². The van der Waals surface area contributed by atoms with Crippen LogP contribution in [0.5, 0.6) is 0 Å². The van der Waals surface area contributed by atoms with Crippen LogP contribution in [0.25, 0.3) is 0 Å². The van der Waals surface area contributed by atoms with Crippen LogP contribution in [0.4, 0.5) is 0 Å². The first-order chi connectivity index (χ1) is 7.17. The van der Waals surface area contributed by atoms with Gasteiger partial charge in [0.25, 0.3) is 0 Å². The average Bonchev–Trinajstić information content (AvgIpc) is 2.06. The summed E-state index contributed by atoms with van der Waals surface area (Å²) in [7, 11) is 0. The number of unbranched alkanes of at least 4 members (excludes halogenated alkanes) is 3. The van der Waals surface area contributed by atoms with E-state index in [1.165, 1.54) is 12.8 Å². The van der Waals surface area contributed by atoms with Gasteiger partial charge in [-0.1, -0.05) is 32.6 Å². The Morgan fingerprint density at radius 3 is 1.81 bits per heavy atom. The first kappa shape index (κ1) is 18.2. The molecule has 0 aromatic carbocycles. The van der Waals surface area contributed by atoms with E-state index in [2.05, 4.69) is 6.92 Å². The molecule has 1 unspecified atom stereocenters. The molecule has 0 rings (SSSR count). The zero-order valence-electron chi connectivity index (χ0n) is 9.09. The fourth-order valence-electron chi connectivity index (χ4n) is 1.48. The second-order valence-electron chi connectivity index (χ2n) is 3.91. The summed E-state index contributed by atoms with van der Waals surface area (Å²) in [5.41, 5.74) is -0.0199. The van der Waals surface area contributed by atoms with E-state index in [1.54, 1.807) is 0 Å². The Morgan fingerprint density at radius 2 is 1.44 bits per heavy atom. The summed E-state index contributed by atoms with van der Waals surface area (Å²) < 4.78 is 0. The van der Waals surface area contributed by atoms with E-state index in [9.17, 15) is 0 Å². The van der Waals surface area contributed by atoms with Crippen LogP contribution in [-0.4, -0.2) is 12.0 Å². The van der Waals surface area contributed by atoms with Gasteiger partial charge in [0.05, 0.1) is 0 Å². The highest BCUT2D eigenvalue weighted by atomic mass is 35.8. The minimum Gasteiger partial charge on any atom is -0.126 e. The molecule has 0 aliphatic heterocycles. The van der Waals surface area contributed by atoms with Gasteiger partial charge in [0.1, 0.15) is 0 Å². The van der Waals surface area contributed by atoms with Gasteiger partial charge in [-0.15, -0.1) is 66.5 Å². The molecule has 0 fully saturated rings. The van der Waals surface area contributed by atoms with Crippen molar-refractivity contribution in [2.45, 2.75) is 50.6 Å². The first-order valence-electron chi connectivity index (χ1n) is 5.30. The molecule has 8 heteroatoms. The van der Waals surface area contributed by atoms with Gasteiger partial charge in [-0.05, 0) is 18.0 Å². The fourth-order valence-corrected chi connectivity index (χ4v) is 10.5. The summed E-state index contributed by atoms with van der Waals surface area (Å²) in [6.45, 7) is 2.16. The van der Waals surface area contributed by atoms with Gasteiger partial charge in [-0.2, -0.15) is 0 Å². The Labute approximate surface area is 128 Å². The van der Waals surface area contributed by atoms with Crippen LogP contribution in [0, 0.1) is 0 Å². The summed E-state index contributed by atoms with van der Waals surface area (Å²) in [6, 6.07) is -4.99. The third kappa shape index (κ3) is 10.1. The molecule has 0 heterocycles. The van der Waals surface area contributed by atoms with E-state index in [0.29, 0.717) is 6.04 Å². The van der Waals surface area contributed by atoms with E-state index in [0.717, 1.165) is 19.3 Å². The minimum absolute atomic E-state index is 0.0199. The molecule has 0 saturated carbocycles. The molecule has 0 aromatic heterocycles. The highest BCUT2D eigenvalue weighted by Crippen LogP contribution is 2.45. The van der Waals surface area contributed by atoms with E-state index in [4.69, 9.17) is 66.5 Å². The van der Waals surface area contributed by atoms with Crippen LogP contribution in [0.3, 0.4) is 0 Å². The summed E-state index contributed by atoms with van der Waals surface area (Å²) in [4.78, 5) is 0. The van der Waals surface area contributed by atoms with Gasteiger partial charge in [0, 0.05) is 0 Å². The lowest BCUT2D eigenvalue weighted by atomic mass is 10.1. The quantitative estimate of drug-likeness (QED) is 0.251. The molecule has 16 heavy (non-hydrogen) atoms. The predicted molar refractivity (Wildman–Crippen MR) is 83.9 cm³/mol. The Bertz CT molecular complexity index is 188. The Kier molecular flexibility index (Phi) is 9.50. The molecular weight excluding hydrogens is 365 g/mol. The summed E-state index contributed by atoms with van der Waals surface area (Å²) in [6.07, 6.45) is 5.47. The molecule has 0 aromatic rings. The molecule has 1 atom stereocenters. The average molecular weight is 381 g/mol. The molecule has 0 aliphatic rings. The van der Waals surface area contributed by atoms with Crippen molar-refractivity contribution in [3.05, 3.63) is 0 Å². The highest BCUT2D eigenvalue weighted by molar-refractivity contribution is 7.67. The van der Waals surface area contributed by atoms with Crippen molar-refractivity contribution in [1.29, 1.82) is 0 Å². The number of hydrogen-bond donors (Lipinski definition) is 0. The third-order valence-corrected chi connectivity index (χ3v) is 9.30. The van der Waals surface area contributed by atoms with Crippen molar-refractivity contribution in [3.63, 3.8) is 0 Å². The zero-order chi connectivity index (χ0) is 12.8. The number of halogens is 6. The smallest absolute Gasteiger partial charge is 0.126 e. The lowest BCUT2D eigenvalue weighted by molar-refractivity contribution is 0.621. The van der Waals surface area contributed by atoms with Gasteiger partial charge in [-0.3, -0.25) is 0 Å². The maximum absolute atomic E-state index is 6.03. The second-order valence-corrected chi connectivity index (χ2v) is 22.1. The van der Waals surface area contributed by atoms with Crippen molar-refractivity contribution in [1.82, 2.24) is 0 Å². The molecule has 0 amide bonds. The van der Waals surface area contributed by atoms with Crippen LogP contribution in [-0.2, 0) is 0 Å². The predicted octanol–water partition coefficient (Wildman–Crippen LogP) is 6.64. The standard InChI is InChI=1S/C8H16Cl6Si2/c1-2-3-4-5-6-8(16(12,13)14)7-15(9,10)11/h8H,2-7H2,1H3. The SMILES string of the molecule is CCCCCCC(C[Si](Cl)(Cl)Cl)[Si](Cl)(Cl)Cl. The van der Waals surface area contributed by atoms with Crippen LogP contribution < -0.4 is 0 Å². The van der Waals surface area contributed by atoms with Crippen LogP contribution in [0.1, 0.15) is 39.0 Å². The first-order valence-corrected chi connectivity index (χ1v) is 15.7. The molecule has 0 nitrogen and oxygen atoms in total. The summed E-state index contributed by atoms with van der Waals surface area (Å²) in [5, 5.41) is 0. The van der Waals surface area contributed by atoms with Gasteiger partial charge >= 0.3 is 12.0 Å². The molecule has 0 radical (unpaired) electrons. The normalized spacial score (nSPS) is 15.2. The van der Waals surface area contributed by atoms with Gasteiger partial charge in [0.15, 0.2) is 0 Å². The molecule has 0 bridgehead atoms. The summed E-state index contributed by atoms with van der Waals surface area (Å²) in [5.74, 6) is 0. The van der Waals surface area contributed by atoms with Crippen LogP contribution in [0.15, 0.2) is 0 Å². The van der Waals surface area contributed by atoms with E-state index in [1.807, 2.05) is 0 Å². The van der Waals surface area contributed by atoms with E-state index < -0.39 is 12.0 Å². The Morgan fingerprint density at radius 1 is 0.875 bits per heavy atom. The third-order valence-electron chi connectivity index (χ3n) is 2.35. The van der Waals surface area contributed by atoms with Crippen molar-refractivity contribution in [2.24, 2.45) is 0 Å². The maximum Gasteiger partial charge on any atom is 0.344 e. The molecule has 0 saturated heterocycles. The summed E-state index contributed by atoms with van der Waals surface area (Å²) >= 11 is 35.8. The maximum atomic E-state index is 6.03. The zero-order valence-corrected chi connectivity index (χ0v) is 15.6. The van der Waals surface area contributed by atoms with Crippen molar-refractivity contribution in [3.8, 4) is 0 Å². The Balaban J connectivity index is 4.13. The van der Waals surface area contributed by atoms with E-state index >= 15 is 0 Å². The Hall–Kier alpha value is 2.17. The second kappa shape index (κ2) is 8.37. The van der Waals surface area contributed by atoms with Crippen molar-refractivity contribution < 1.29 is 0 Å². The van der Waals surface area contributed by atoms with Gasteiger partial charge in [0.2, 0.25) is 0 Å². The van der Waals surface area contributed by atoms with Crippen molar-refractivity contribution >= 4 is 78.5 Å². The van der Waals surface area contributed by atoms with Crippen molar-refractivity contribution in [2.75, 3.05) is 0 Å². The lowest BCUT2D eigenvalue weighted by Crippen LogP contribution is -2.25. The van der Waals surface area contributed by atoms with Gasteiger partial charge < -0.3 is 0 Å². The molecule has 0 aliphatic carbocycles. The fraction of sp³-hybridized carbons (Fsp3) is 1.00. The molecule has 98 valence electrons. The minimum atomic E-state index is -2.76. The monoisotopic (exact) mass is 378 g/mol. The largest absolute Gasteiger partial charge is 0.344 e. The molecular formula is C8H16Cl6Si2. The lowest BCUT2D eigenvalue weighted by Gasteiger charge is -2.24. The topological polar surface area (TPSA) is 0 Å². The molecule has 0 spiro atoms.